The minimum Gasteiger partial charge on any atom is -0.465 e. The minimum absolute atomic E-state index is 0.00776. The minimum atomic E-state index is -0.0649. The van der Waals surface area contributed by atoms with Gasteiger partial charge in [0.25, 0.3) is 0 Å². The van der Waals surface area contributed by atoms with Crippen molar-refractivity contribution in [1.29, 1.82) is 0 Å². The summed E-state index contributed by atoms with van der Waals surface area (Å²) in [5.74, 6) is 1.71. The van der Waals surface area contributed by atoms with Crippen molar-refractivity contribution >= 4 is 0 Å². The van der Waals surface area contributed by atoms with Gasteiger partial charge in [-0.05, 0) is 13.8 Å². The van der Waals surface area contributed by atoms with Gasteiger partial charge in [-0.3, -0.25) is 0 Å². The molecule has 1 aromatic rings. The van der Waals surface area contributed by atoms with Crippen molar-refractivity contribution in [3.63, 3.8) is 0 Å². The van der Waals surface area contributed by atoms with Crippen LogP contribution in [-0.2, 0) is 23.4 Å². The molecule has 0 amide bonds. The molecule has 0 atom stereocenters. The molecule has 0 unspecified atom stereocenters. The lowest BCUT2D eigenvalue weighted by atomic mass is 9.89. The highest BCUT2D eigenvalue weighted by Crippen LogP contribution is 2.32. The monoisotopic (exact) mass is 226 g/mol. The van der Waals surface area contributed by atoms with Crippen LogP contribution in [-0.4, -0.2) is 11.7 Å². The maximum atomic E-state index is 9.36. The van der Waals surface area contributed by atoms with E-state index in [1.165, 1.54) is 0 Å². The van der Waals surface area contributed by atoms with Crippen LogP contribution in [0, 0.1) is 6.92 Å². The third-order valence-electron chi connectivity index (χ3n) is 2.61. The zero-order valence-electron chi connectivity index (χ0n) is 10.9. The first-order valence-corrected chi connectivity index (χ1v) is 5.72. The van der Waals surface area contributed by atoms with Crippen LogP contribution in [0.15, 0.2) is 4.42 Å². The predicted octanol–water partition coefficient (Wildman–Crippen LogP) is 2.91. The summed E-state index contributed by atoms with van der Waals surface area (Å²) in [4.78, 5) is 0. The van der Waals surface area contributed by atoms with E-state index in [4.69, 9.17) is 9.15 Å². The summed E-state index contributed by atoms with van der Waals surface area (Å²) in [6.07, 6.45) is 0. The third-order valence-corrected chi connectivity index (χ3v) is 2.61. The molecule has 0 radical (unpaired) electrons. The van der Waals surface area contributed by atoms with Gasteiger partial charge in [-0.2, -0.15) is 0 Å². The van der Waals surface area contributed by atoms with Gasteiger partial charge in [-0.15, -0.1) is 0 Å². The number of aliphatic hydroxyl groups is 1. The van der Waals surface area contributed by atoms with E-state index in [2.05, 4.69) is 20.8 Å². The van der Waals surface area contributed by atoms with Gasteiger partial charge in [-0.1, -0.05) is 20.8 Å². The first kappa shape index (κ1) is 13.3. The summed E-state index contributed by atoms with van der Waals surface area (Å²) in [5.41, 5.74) is 1.82. The second-order valence-electron chi connectivity index (χ2n) is 4.99. The van der Waals surface area contributed by atoms with Crippen molar-refractivity contribution in [3.05, 3.63) is 22.6 Å². The van der Waals surface area contributed by atoms with E-state index in [0.29, 0.717) is 13.2 Å². The van der Waals surface area contributed by atoms with E-state index in [1.807, 2.05) is 13.8 Å². The highest BCUT2D eigenvalue weighted by Gasteiger charge is 2.26. The predicted molar refractivity (Wildman–Crippen MR) is 63.4 cm³/mol. The zero-order valence-corrected chi connectivity index (χ0v) is 10.9. The van der Waals surface area contributed by atoms with Gasteiger partial charge in [0.15, 0.2) is 0 Å². The Labute approximate surface area is 97.4 Å². The molecule has 0 aliphatic rings. The van der Waals surface area contributed by atoms with Crippen LogP contribution in [0.4, 0.5) is 0 Å². The molecule has 0 spiro atoms. The Bertz CT molecular complexity index is 345. The Balaban J connectivity index is 3.16. The van der Waals surface area contributed by atoms with Gasteiger partial charge < -0.3 is 14.3 Å². The molecule has 0 bridgehead atoms. The van der Waals surface area contributed by atoms with Gasteiger partial charge in [0, 0.05) is 23.1 Å². The molecule has 0 fully saturated rings. The van der Waals surface area contributed by atoms with E-state index in [9.17, 15) is 5.11 Å². The summed E-state index contributed by atoms with van der Waals surface area (Å²) < 4.78 is 11.2. The Morgan fingerprint density at radius 3 is 2.31 bits per heavy atom. The van der Waals surface area contributed by atoms with Gasteiger partial charge in [-0.25, -0.2) is 0 Å². The summed E-state index contributed by atoms with van der Waals surface area (Å²) in [6.45, 7) is 11.3. The first-order chi connectivity index (χ1) is 7.41. The molecular weight excluding hydrogens is 204 g/mol. The highest BCUT2D eigenvalue weighted by molar-refractivity contribution is 5.35. The average molecular weight is 226 g/mol. The standard InChI is InChI=1S/C13H22O3/c1-6-15-8-11-10(7-14)9(2)16-12(11)13(3,4)5/h14H,6-8H2,1-5H3. The van der Waals surface area contributed by atoms with E-state index in [-0.39, 0.29) is 12.0 Å². The maximum Gasteiger partial charge on any atom is 0.115 e. The van der Waals surface area contributed by atoms with Crippen LogP contribution in [0.25, 0.3) is 0 Å². The molecule has 3 heteroatoms. The van der Waals surface area contributed by atoms with Crippen LogP contribution in [0.1, 0.15) is 50.3 Å². The average Bonchev–Trinajstić information content (AvgIpc) is 2.51. The Morgan fingerprint density at radius 2 is 1.88 bits per heavy atom. The second-order valence-corrected chi connectivity index (χ2v) is 4.99. The van der Waals surface area contributed by atoms with Gasteiger partial charge in [0.1, 0.15) is 11.5 Å². The van der Waals surface area contributed by atoms with E-state index >= 15 is 0 Å². The van der Waals surface area contributed by atoms with E-state index in [1.54, 1.807) is 0 Å². The molecule has 0 saturated heterocycles. The van der Waals surface area contributed by atoms with Gasteiger partial charge in [0.05, 0.1) is 13.2 Å². The van der Waals surface area contributed by atoms with Crippen LogP contribution in [0.3, 0.4) is 0 Å². The normalized spacial score (nSPS) is 12.1. The summed E-state index contributed by atoms with van der Waals surface area (Å²) in [7, 11) is 0. The third kappa shape index (κ3) is 2.66. The number of ether oxygens (including phenoxy) is 1. The highest BCUT2D eigenvalue weighted by atomic mass is 16.5. The lowest BCUT2D eigenvalue weighted by Gasteiger charge is -2.17. The topological polar surface area (TPSA) is 42.6 Å². The molecule has 1 rings (SSSR count). The lowest BCUT2D eigenvalue weighted by Crippen LogP contribution is -2.13. The van der Waals surface area contributed by atoms with Crippen molar-refractivity contribution in [2.45, 2.75) is 53.2 Å². The number of hydrogen-bond acceptors (Lipinski definition) is 3. The molecule has 92 valence electrons. The number of aryl methyl sites for hydroxylation is 1. The number of hydrogen-bond donors (Lipinski definition) is 1. The number of furan rings is 1. The van der Waals surface area contributed by atoms with Crippen LogP contribution in [0.2, 0.25) is 0 Å². The summed E-state index contributed by atoms with van der Waals surface area (Å²) in [6, 6.07) is 0. The molecule has 0 aliphatic carbocycles. The first-order valence-electron chi connectivity index (χ1n) is 5.72. The fourth-order valence-electron chi connectivity index (χ4n) is 1.80. The molecule has 0 aliphatic heterocycles. The number of aliphatic hydroxyl groups excluding tert-OH is 1. The number of rotatable bonds is 4. The molecule has 1 N–H and O–H groups in total. The Morgan fingerprint density at radius 1 is 1.25 bits per heavy atom. The zero-order chi connectivity index (χ0) is 12.3. The molecule has 16 heavy (non-hydrogen) atoms. The SMILES string of the molecule is CCOCc1c(C(C)(C)C)oc(C)c1CO. The largest absolute Gasteiger partial charge is 0.465 e. The molecule has 0 aromatic carbocycles. The molecule has 1 heterocycles. The smallest absolute Gasteiger partial charge is 0.115 e. The molecule has 1 aromatic heterocycles. The Kier molecular flexibility index (Phi) is 4.16. The summed E-state index contributed by atoms with van der Waals surface area (Å²) >= 11 is 0. The van der Waals surface area contributed by atoms with Gasteiger partial charge in [0.2, 0.25) is 0 Å². The van der Waals surface area contributed by atoms with Crippen molar-refractivity contribution in [3.8, 4) is 0 Å². The molecule has 0 saturated carbocycles. The van der Waals surface area contributed by atoms with Crippen molar-refractivity contribution < 1.29 is 14.3 Å². The van der Waals surface area contributed by atoms with E-state index < -0.39 is 0 Å². The van der Waals surface area contributed by atoms with Crippen LogP contribution >= 0.6 is 0 Å². The summed E-state index contributed by atoms with van der Waals surface area (Å²) in [5, 5.41) is 9.36. The van der Waals surface area contributed by atoms with Gasteiger partial charge >= 0.3 is 0 Å². The van der Waals surface area contributed by atoms with Crippen molar-refractivity contribution in [1.82, 2.24) is 0 Å². The molecule has 3 nitrogen and oxygen atoms in total. The fourth-order valence-corrected chi connectivity index (χ4v) is 1.80. The van der Waals surface area contributed by atoms with Crippen LogP contribution < -0.4 is 0 Å². The quantitative estimate of drug-likeness (QED) is 0.858. The lowest BCUT2D eigenvalue weighted by molar-refractivity contribution is 0.130. The van der Waals surface area contributed by atoms with Crippen molar-refractivity contribution in [2.24, 2.45) is 0 Å². The van der Waals surface area contributed by atoms with Crippen LogP contribution in [0.5, 0.6) is 0 Å². The Hall–Kier alpha value is -0.800. The molecular formula is C13H22O3. The second kappa shape index (κ2) is 5.02. The maximum absolute atomic E-state index is 9.36. The van der Waals surface area contributed by atoms with E-state index in [0.717, 1.165) is 22.6 Å². The van der Waals surface area contributed by atoms with Crippen molar-refractivity contribution in [2.75, 3.05) is 6.61 Å². The fraction of sp³-hybridized carbons (Fsp3) is 0.692.